The van der Waals surface area contributed by atoms with Gasteiger partial charge in [-0.2, -0.15) is 0 Å². The zero-order chi connectivity index (χ0) is 10.1. The SMILES string of the molecule is CC=CC(=N)CNCC(=N)C=CC. The van der Waals surface area contributed by atoms with Crippen LogP contribution in [0.3, 0.4) is 0 Å². The lowest BCUT2D eigenvalue weighted by atomic mass is 10.3. The molecule has 0 heterocycles. The minimum atomic E-state index is 0.518. The predicted molar refractivity (Wildman–Crippen MR) is 58.0 cm³/mol. The topological polar surface area (TPSA) is 59.7 Å². The standard InChI is InChI=1S/C10H17N3/c1-3-5-9(11)7-13-8-10(12)6-4-2/h3-6,11-13H,7-8H2,1-2H3. The molecule has 0 radical (unpaired) electrons. The molecule has 0 aliphatic heterocycles. The first-order chi connectivity index (χ1) is 6.20. The Hall–Kier alpha value is -1.22. The predicted octanol–water partition coefficient (Wildman–Crippen LogP) is 1.77. The smallest absolute Gasteiger partial charge is 0.0448 e. The first kappa shape index (κ1) is 11.8. The first-order valence-electron chi connectivity index (χ1n) is 4.31. The van der Waals surface area contributed by atoms with Gasteiger partial charge in [0.05, 0.1) is 0 Å². The second kappa shape index (κ2) is 7.43. The van der Waals surface area contributed by atoms with Crippen LogP contribution in [0.5, 0.6) is 0 Å². The van der Waals surface area contributed by atoms with E-state index < -0.39 is 0 Å². The summed E-state index contributed by atoms with van der Waals surface area (Å²) in [4.78, 5) is 0. The van der Waals surface area contributed by atoms with Crippen LogP contribution in [0.1, 0.15) is 13.8 Å². The lowest BCUT2D eigenvalue weighted by Gasteiger charge is -2.01. The summed E-state index contributed by atoms with van der Waals surface area (Å²) in [6.07, 6.45) is 7.15. The van der Waals surface area contributed by atoms with Gasteiger partial charge < -0.3 is 16.1 Å². The van der Waals surface area contributed by atoms with Gasteiger partial charge in [0, 0.05) is 24.5 Å². The van der Waals surface area contributed by atoms with Crippen molar-refractivity contribution in [2.75, 3.05) is 13.1 Å². The lowest BCUT2D eigenvalue weighted by Crippen LogP contribution is -2.26. The molecule has 0 aromatic carbocycles. The van der Waals surface area contributed by atoms with Crippen molar-refractivity contribution < 1.29 is 0 Å². The number of rotatable bonds is 6. The van der Waals surface area contributed by atoms with E-state index in [1.807, 2.05) is 26.0 Å². The molecule has 0 spiro atoms. The van der Waals surface area contributed by atoms with Crippen molar-refractivity contribution in [3.8, 4) is 0 Å². The number of allylic oxidation sites excluding steroid dienone is 2. The highest BCUT2D eigenvalue weighted by molar-refractivity contribution is 5.96. The molecular formula is C10H17N3. The van der Waals surface area contributed by atoms with Gasteiger partial charge in [0.25, 0.3) is 0 Å². The highest BCUT2D eigenvalue weighted by atomic mass is 14.9. The maximum atomic E-state index is 7.40. The molecule has 0 amide bonds. The highest BCUT2D eigenvalue weighted by Gasteiger charge is 1.92. The van der Waals surface area contributed by atoms with Crippen molar-refractivity contribution in [3.63, 3.8) is 0 Å². The second-order valence-electron chi connectivity index (χ2n) is 2.65. The molecule has 0 atom stereocenters. The molecule has 3 nitrogen and oxygen atoms in total. The molecular weight excluding hydrogens is 162 g/mol. The van der Waals surface area contributed by atoms with Gasteiger partial charge in [0.1, 0.15) is 0 Å². The fourth-order valence-electron chi connectivity index (χ4n) is 0.852. The minimum Gasteiger partial charge on any atom is -0.306 e. The quantitative estimate of drug-likeness (QED) is 0.535. The van der Waals surface area contributed by atoms with Gasteiger partial charge in [-0.05, 0) is 26.0 Å². The summed E-state index contributed by atoms with van der Waals surface area (Å²) in [5, 5.41) is 17.8. The Labute approximate surface area is 79.6 Å². The Morgan fingerprint density at radius 2 is 1.38 bits per heavy atom. The molecule has 72 valence electrons. The molecule has 3 N–H and O–H groups in total. The largest absolute Gasteiger partial charge is 0.306 e. The Morgan fingerprint density at radius 1 is 1.00 bits per heavy atom. The summed E-state index contributed by atoms with van der Waals surface area (Å²) in [5.74, 6) is 0. The van der Waals surface area contributed by atoms with Gasteiger partial charge in [0.15, 0.2) is 0 Å². The third-order valence-electron chi connectivity index (χ3n) is 1.37. The Bertz CT molecular complexity index is 202. The molecule has 0 saturated heterocycles. The van der Waals surface area contributed by atoms with E-state index in [0.717, 1.165) is 0 Å². The zero-order valence-electron chi connectivity index (χ0n) is 8.22. The van der Waals surface area contributed by atoms with Crippen molar-refractivity contribution >= 4 is 11.4 Å². The molecule has 0 aliphatic rings. The van der Waals surface area contributed by atoms with Crippen molar-refractivity contribution in [3.05, 3.63) is 24.3 Å². The third-order valence-corrected chi connectivity index (χ3v) is 1.37. The lowest BCUT2D eigenvalue weighted by molar-refractivity contribution is 0.884. The minimum absolute atomic E-state index is 0.518. The average Bonchev–Trinajstić information content (AvgIpc) is 2.05. The van der Waals surface area contributed by atoms with Gasteiger partial charge in [-0.15, -0.1) is 0 Å². The van der Waals surface area contributed by atoms with Gasteiger partial charge in [-0.3, -0.25) is 0 Å². The van der Waals surface area contributed by atoms with Crippen LogP contribution in [0.25, 0.3) is 0 Å². The molecule has 0 aromatic rings. The van der Waals surface area contributed by atoms with E-state index in [1.54, 1.807) is 12.2 Å². The zero-order valence-corrected chi connectivity index (χ0v) is 8.22. The molecule has 0 rings (SSSR count). The molecule has 0 aromatic heterocycles. The van der Waals surface area contributed by atoms with Crippen molar-refractivity contribution in [1.29, 1.82) is 10.8 Å². The van der Waals surface area contributed by atoms with Crippen LogP contribution < -0.4 is 5.32 Å². The maximum Gasteiger partial charge on any atom is 0.0448 e. The summed E-state index contributed by atoms with van der Waals surface area (Å²) in [5.41, 5.74) is 1.08. The molecule has 13 heavy (non-hydrogen) atoms. The van der Waals surface area contributed by atoms with Crippen LogP contribution in [-0.4, -0.2) is 24.5 Å². The maximum absolute atomic E-state index is 7.40. The summed E-state index contributed by atoms with van der Waals surface area (Å²) in [7, 11) is 0. The van der Waals surface area contributed by atoms with E-state index >= 15 is 0 Å². The van der Waals surface area contributed by atoms with Crippen LogP contribution in [0.4, 0.5) is 0 Å². The van der Waals surface area contributed by atoms with E-state index in [-0.39, 0.29) is 0 Å². The fourth-order valence-corrected chi connectivity index (χ4v) is 0.852. The third kappa shape index (κ3) is 7.15. The average molecular weight is 179 g/mol. The Balaban J connectivity index is 3.56. The van der Waals surface area contributed by atoms with Gasteiger partial charge >= 0.3 is 0 Å². The van der Waals surface area contributed by atoms with Crippen LogP contribution in [0.2, 0.25) is 0 Å². The Morgan fingerprint density at radius 3 is 1.69 bits per heavy atom. The van der Waals surface area contributed by atoms with Crippen molar-refractivity contribution in [2.24, 2.45) is 0 Å². The van der Waals surface area contributed by atoms with Crippen LogP contribution >= 0.6 is 0 Å². The normalized spacial score (nSPS) is 11.2. The van der Waals surface area contributed by atoms with Crippen LogP contribution in [-0.2, 0) is 0 Å². The fraction of sp³-hybridized carbons (Fsp3) is 0.400. The van der Waals surface area contributed by atoms with Crippen molar-refractivity contribution in [2.45, 2.75) is 13.8 Å². The van der Waals surface area contributed by atoms with E-state index in [4.69, 9.17) is 10.8 Å². The molecule has 0 bridgehead atoms. The van der Waals surface area contributed by atoms with Gasteiger partial charge in [0.2, 0.25) is 0 Å². The van der Waals surface area contributed by atoms with E-state index in [2.05, 4.69) is 5.32 Å². The number of hydrogen-bond donors (Lipinski definition) is 3. The Kier molecular flexibility index (Phi) is 6.73. The summed E-state index contributed by atoms with van der Waals surface area (Å²) in [6, 6.07) is 0. The summed E-state index contributed by atoms with van der Waals surface area (Å²) >= 11 is 0. The van der Waals surface area contributed by atoms with Crippen LogP contribution in [0, 0.1) is 10.8 Å². The van der Waals surface area contributed by atoms with Gasteiger partial charge in [-0.1, -0.05) is 12.2 Å². The van der Waals surface area contributed by atoms with Crippen molar-refractivity contribution in [1.82, 2.24) is 5.32 Å². The molecule has 3 heteroatoms. The second-order valence-corrected chi connectivity index (χ2v) is 2.65. The van der Waals surface area contributed by atoms with Gasteiger partial charge in [-0.25, -0.2) is 0 Å². The molecule has 0 fully saturated rings. The summed E-state index contributed by atoms with van der Waals surface area (Å²) in [6.45, 7) is 4.81. The molecule has 0 aliphatic carbocycles. The first-order valence-corrected chi connectivity index (χ1v) is 4.31. The highest BCUT2D eigenvalue weighted by Crippen LogP contribution is 1.78. The molecule has 0 unspecified atom stereocenters. The molecule has 0 saturated carbocycles. The number of hydrogen-bond acceptors (Lipinski definition) is 3. The van der Waals surface area contributed by atoms with E-state index in [1.165, 1.54) is 0 Å². The monoisotopic (exact) mass is 179 g/mol. The number of nitrogens with one attached hydrogen (secondary N) is 3. The van der Waals surface area contributed by atoms with E-state index in [0.29, 0.717) is 24.5 Å². The van der Waals surface area contributed by atoms with Crippen LogP contribution in [0.15, 0.2) is 24.3 Å². The van der Waals surface area contributed by atoms with E-state index in [9.17, 15) is 0 Å². The summed E-state index contributed by atoms with van der Waals surface area (Å²) < 4.78 is 0.